The highest BCUT2D eigenvalue weighted by molar-refractivity contribution is 6.30. The van der Waals surface area contributed by atoms with E-state index >= 15 is 0 Å². The highest BCUT2D eigenvalue weighted by Crippen LogP contribution is 2.17. The van der Waals surface area contributed by atoms with Crippen LogP contribution in [0.4, 0.5) is 10.5 Å². The molecule has 0 spiro atoms. The molecule has 0 aliphatic carbocycles. The summed E-state index contributed by atoms with van der Waals surface area (Å²) in [6.45, 7) is 2.05. The van der Waals surface area contributed by atoms with Gasteiger partial charge in [0.05, 0.1) is 13.2 Å². The largest absolute Gasteiger partial charge is 0.383 e. The minimum absolute atomic E-state index is 0.195. The quantitative estimate of drug-likeness (QED) is 0.509. The second-order valence-corrected chi connectivity index (χ2v) is 7.48. The first kappa shape index (κ1) is 21.2. The second-order valence-electron chi connectivity index (χ2n) is 6.61. The van der Waals surface area contributed by atoms with Crippen LogP contribution < -0.4 is 5.32 Å². The summed E-state index contributed by atoms with van der Waals surface area (Å²) in [5.74, 6) is 0. The molecule has 0 aliphatic rings. The number of rotatable bonds is 8. The van der Waals surface area contributed by atoms with Crippen molar-refractivity contribution in [2.75, 3.05) is 25.6 Å². The summed E-state index contributed by atoms with van der Waals surface area (Å²) < 4.78 is 7.30. The minimum Gasteiger partial charge on any atom is -0.383 e. The molecule has 1 aromatic heterocycles. The standard InChI is InChI=1S/C22H23Cl2N3O2/c1-29-13-12-27(22(28)25-20-9-7-18(23)8-10-20)16-21-6-3-11-26(21)15-17-4-2-5-19(24)14-17/h2-11,14H,12-13,15-16H2,1H3,(H,25,28). The van der Waals surface area contributed by atoms with Gasteiger partial charge < -0.3 is 19.5 Å². The highest BCUT2D eigenvalue weighted by Gasteiger charge is 2.16. The molecular weight excluding hydrogens is 409 g/mol. The van der Waals surface area contributed by atoms with Gasteiger partial charge in [-0.15, -0.1) is 0 Å². The van der Waals surface area contributed by atoms with E-state index in [9.17, 15) is 4.79 Å². The van der Waals surface area contributed by atoms with Crippen LogP contribution in [-0.2, 0) is 17.8 Å². The Kier molecular flexibility index (Phi) is 7.58. The molecule has 2 aromatic carbocycles. The molecule has 152 valence electrons. The zero-order chi connectivity index (χ0) is 20.6. The average molecular weight is 432 g/mol. The number of carbonyl (C=O) groups is 1. The van der Waals surface area contributed by atoms with Crippen LogP contribution in [0.2, 0.25) is 10.0 Å². The van der Waals surface area contributed by atoms with Gasteiger partial charge in [0.15, 0.2) is 0 Å². The predicted octanol–water partition coefficient (Wildman–Crippen LogP) is 5.52. The molecule has 0 atom stereocenters. The average Bonchev–Trinajstić information content (AvgIpc) is 3.13. The fraction of sp³-hybridized carbons (Fsp3) is 0.227. The monoisotopic (exact) mass is 431 g/mol. The predicted molar refractivity (Wildman–Crippen MR) is 118 cm³/mol. The molecule has 0 fully saturated rings. The minimum atomic E-state index is -0.195. The first-order chi connectivity index (χ1) is 14.0. The number of amides is 2. The normalized spacial score (nSPS) is 10.7. The summed E-state index contributed by atoms with van der Waals surface area (Å²) >= 11 is 12.0. The molecule has 29 heavy (non-hydrogen) atoms. The van der Waals surface area contributed by atoms with Gasteiger partial charge in [0, 0.05) is 47.8 Å². The Labute approximate surface area is 180 Å². The number of methoxy groups -OCH3 is 1. The molecule has 2 amide bonds. The van der Waals surface area contributed by atoms with Gasteiger partial charge in [-0.3, -0.25) is 0 Å². The second kappa shape index (κ2) is 10.3. The van der Waals surface area contributed by atoms with Crippen LogP contribution in [0.1, 0.15) is 11.3 Å². The van der Waals surface area contributed by atoms with Crippen molar-refractivity contribution in [3.63, 3.8) is 0 Å². The number of carbonyl (C=O) groups excluding carboxylic acids is 1. The smallest absolute Gasteiger partial charge is 0.322 e. The molecule has 0 saturated carbocycles. The molecule has 0 radical (unpaired) electrons. The van der Waals surface area contributed by atoms with Gasteiger partial charge in [0.2, 0.25) is 0 Å². The first-order valence-corrected chi connectivity index (χ1v) is 9.99. The summed E-state index contributed by atoms with van der Waals surface area (Å²) in [5, 5.41) is 4.25. The fourth-order valence-electron chi connectivity index (χ4n) is 2.96. The van der Waals surface area contributed by atoms with Crippen molar-refractivity contribution in [1.82, 2.24) is 9.47 Å². The number of benzene rings is 2. The number of hydrogen-bond donors (Lipinski definition) is 1. The number of ether oxygens (including phenoxy) is 1. The third-order valence-electron chi connectivity index (χ3n) is 4.47. The van der Waals surface area contributed by atoms with Crippen molar-refractivity contribution in [3.05, 3.63) is 88.2 Å². The summed E-state index contributed by atoms with van der Waals surface area (Å²) in [6, 6.07) is 18.6. The molecule has 3 rings (SSSR count). The molecule has 0 aliphatic heterocycles. The number of nitrogens with zero attached hydrogens (tertiary/aromatic N) is 2. The van der Waals surface area contributed by atoms with E-state index in [2.05, 4.69) is 9.88 Å². The van der Waals surface area contributed by atoms with Gasteiger partial charge in [0.1, 0.15) is 0 Å². The van der Waals surface area contributed by atoms with Crippen molar-refractivity contribution in [1.29, 1.82) is 0 Å². The van der Waals surface area contributed by atoms with E-state index in [1.165, 1.54) is 0 Å². The van der Waals surface area contributed by atoms with Crippen LogP contribution >= 0.6 is 23.2 Å². The van der Waals surface area contributed by atoms with Gasteiger partial charge >= 0.3 is 6.03 Å². The molecule has 5 nitrogen and oxygen atoms in total. The van der Waals surface area contributed by atoms with Gasteiger partial charge in [-0.05, 0) is 54.1 Å². The first-order valence-electron chi connectivity index (χ1n) is 9.24. The lowest BCUT2D eigenvalue weighted by molar-refractivity contribution is 0.152. The molecule has 1 heterocycles. The maximum atomic E-state index is 12.8. The lowest BCUT2D eigenvalue weighted by atomic mass is 10.2. The van der Waals surface area contributed by atoms with Crippen LogP contribution in [0.3, 0.4) is 0 Å². The molecule has 0 bridgehead atoms. The van der Waals surface area contributed by atoms with Crippen molar-refractivity contribution in [3.8, 4) is 0 Å². The van der Waals surface area contributed by atoms with E-state index in [1.54, 1.807) is 36.3 Å². The summed E-state index contributed by atoms with van der Waals surface area (Å²) in [5.41, 5.74) is 2.81. The topological polar surface area (TPSA) is 46.5 Å². The van der Waals surface area contributed by atoms with Crippen LogP contribution in [0, 0.1) is 0 Å². The summed E-state index contributed by atoms with van der Waals surface area (Å²) in [6.07, 6.45) is 2.00. The van der Waals surface area contributed by atoms with Crippen LogP contribution in [-0.4, -0.2) is 35.8 Å². The van der Waals surface area contributed by atoms with E-state index in [-0.39, 0.29) is 6.03 Å². The van der Waals surface area contributed by atoms with Gasteiger partial charge in [0.25, 0.3) is 0 Å². The van der Waals surface area contributed by atoms with Crippen molar-refractivity contribution < 1.29 is 9.53 Å². The Bertz CT molecular complexity index is 941. The molecule has 7 heteroatoms. The molecular formula is C22H23Cl2N3O2. The lowest BCUT2D eigenvalue weighted by Crippen LogP contribution is -2.37. The van der Waals surface area contributed by atoms with Gasteiger partial charge in [-0.2, -0.15) is 0 Å². The van der Waals surface area contributed by atoms with Crippen molar-refractivity contribution >= 4 is 34.9 Å². The Hall–Kier alpha value is -2.47. The number of nitrogens with one attached hydrogen (secondary N) is 1. The zero-order valence-electron chi connectivity index (χ0n) is 16.1. The maximum Gasteiger partial charge on any atom is 0.322 e. The highest BCUT2D eigenvalue weighted by atomic mass is 35.5. The lowest BCUT2D eigenvalue weighted by Gasteiger charge is -2.24. The summed E-state index contributed by atoms with van der Waals surface area (Å²) in [7, 11) is 1.62. The Morgan fingerprint density at radius 1 is 1.07 bits per heavy atom. The number of urea groups is 1. The van der Waals surface area contributed by atoms with E-state index in [0.29, 0.717) is 42.0 Å². The number of halogens is 2. The van der Waals surface area contributed by atoms with E-state index in [0.717, 1.165) is 11.3 Å². The SMILES string of the molecule is COCCN(Cc1cccn1Cc1cccc(Cl)c1)C(=O)Nc1ccc(Cl)cc1. The van der Waals surface area contributed by atoms with Crippen LogP contribution in [0.15, 0.2) is 66.9 Å². The van der Waals surface area contributed by atoms with Crippen LogP contribution in [0.5, 0.6) is 0 Å². The van der Waals surface area contributed by atoms with Crippen molar-refractivity contribution in [2.24, 2.45) is 0 Å². The van der Waals surface area contributed by atoms with Gasteiger partial charge in [-0.1, -0.05) is 35.3 Å². The van der Waals surface area contributed by atoms with Crippen LogP contribution in [0.25, 0.3) is 0 Å². The number of hydrogen-bond acceptors (Lipinski definition) is 2. The molecule has 1 N–H and O–H groups in total. The molecule has 0 saturated heterocycles. The maximum absolute atomic E-state index is 12.8. The van der Waals surface area contributed by atoms with Gasteiger partial charge in [-0.25, -0.2) is 4.79 Å². The fourth-order valence-corrected chi connectivity index (χ4v) is 3.30. The Morgan fingerprint density at radius 2 is 1.86 bits per heavy atom. The van der Waals surface area contributed by atoms with E-state index in [4.69, 9.17) is 27.9 Å². The summed E-state index contributed by atoms with van der Waals surface area (Å²) in [4.78, 5) is 14.6. The molecule has 0 unspecified atom stereocenters. The zero-order valence-corrected chi connectivity index (χ0v) is 17.7. The Balaban J connectivity index is 1.72. The number of anilines is 1. The van der Waals surface area contributed by atoms with E-state index in [1.807, 2.05) is 42.6 Å². The third-order valence-corrected chi connectivity index (χ3v) is 4.95. The Morgan fingerprint density at radius 3 is 2.59 bits per heavy atom. The molecule has 3 aromatic rings. The van der Waals surface area contributed by atoms with E-state index < -0.39 is 0 Å². The van der Waals surface area contributed by atoms with Crippen molar-refractivity contribution in [2.45, 2.75) is 13.1 Å². The third kappa shape index (κ3) is 6.26. The number of aromatic nitrogens is 1.